The number of ether oxygens (including phenoxy) is 1. The molecule has 0 amide bonds. The van der Waals surface area contributed by atoms with Gasteiger partial charge in [-0.05, 0) is 60.9 Å². The molecule has 0 heterocycles. The lowest BCUT2D eigenvalue weighted by atomic mass is 10.0. The molecule has 0 spiro atoms. The van der Waals surface area contributed by atoms with Gasteiger partial charge in [-0.15, -0.1) is 0 Å². The Bertz CT molecular complexity index is 716. The predicted molar refractivity (Wildman–Crippen MR) is 84.8 cm³/mol. The minimum atomic E-state index is -3.17. The summed E-state index contributed by atoms with van der Waals surface area (Å²) in [5, 5.41) is 0. The Labute approximate surface area is 126 Å². The predicted octanol–water partition coefficient (Wildman–Crippen LogP) is 4.14. The summed E-state index contributed by atoms with van der Waals surface area (Å²) in [6.07, 6.45) is 3.31. The zero-order valence-electron chi connectivity index (χ0n) is 12.6. The lowest BCUT2D eigenvalue weighted by Gasteiger charge is -2.10. The molecule has 0 unspecified atom stereocenters. The average molecular weight is 304 g/mol. The average Bonchev–Trinajstić information content (AvgIpc) is 2.42. The Morgan fingerprint density at radius 3 is 2.19 bits per heavy atom. The van der Waals surface area contributed by atoms with Crippen molar-refractivity contribution in [2.75, 3.05) is 6.26 Å². The molecule has 0 aromatic heterocycles. The molecule has 0 saturated heterocycles. The Balaban J connectivity index is 2.20. The summed E-state index contributed by atoms with van der Waals surface area (Å²) in [5.74, 6) is 1.41. The van der Waals surface area contributed by atoms with E-state index in [0.29, 0.717) is 10.6 Å². The highest BCUT2D eigenvalue weighted by atomic mass is 32.2. The number of hydrogen-bond donors (Lipinski definition) is 0. The van der Waals surface area contributed by atoms with Crippen LogP contribution in [0.25, 0.3) is 0 Å². The van der Waals surface area contributed by atoms with Crippen LogP contribution in [0.3, 0.4) is 0 Å². The summed E-state index contributed by atoms with van der Waals surface area (Å²) in [7, 11) is -3.17. The van der Waals surface area contributed by atoms with Gasteiger partial charge >= 0.3 is 0 Å². The van der Waals surface area contributed by atoms with Gasteiger partial charge in [0, 0.05) is 6.26 Å². The molecular formula is C17H20O3S. The van der Waals surface area contributed by atoms with Crippen molar-refractivity contribution in [1.29, 1.82) is 0 Å². The second-order valence-corrected chi connectivity index (χ2v) is 7.20. The van der Waals surface area contributed by atoms with Crippen molar-refractivity contribution >= 4 is 9.84 Å². The van der Waals surface area contributed by atoms with Crippen molar-refractivity contribution in [1.82, 2.24) is 0 Å². The van der Waals surface area contributed by atoms with E-state index in [1.54, 1.807) is 24.3 Å². The van der Waals surface area contributed by atoms with E-state index in [9.17, 15) is 8.42 Å². The van der Waals surface area contributed by atoms with Crippen LogP contribution in [0.15, 0.2) is 47.4 Å². The van der Waals surface area contributed by atoms with Gasteiger partial charge in [-0.3, -0.25) is 0 Å². The topological polar surface area (TPSA) is 43.4 Å². The molecule has 0 fully saturated rings. The lowest BCUT2D eigenvalue weighted by Crippen LogP contribution is -1.96. The van der Waals surface area contributed by atoms with Crippen LogP contribution >= 0.6 is 0 Å². The number of sulfone groups is 1. The van der Waals surface area contributed by atoms with Gasteiger partial charge in [-0.25, -0.2) is 8.42 Å². The van der Waals surface area contributed by atoms with Crippen LogP contribution < -0.4 is 4.74 Å². The van der Waals surface area contributed by atoms with E-state index in [4.69, 9.17) is 4.74 Å². The number of rotatable bonds is 5. The van der Waals surface area contributed by atoms with Gasteiger partial charge in [0.1, 0.15) is 11.5 Å². The smallest absolute Gasteiger partial charge is 0.175 e. The summed E-state index contributed by atoms with van der Waals surface area (Å²) in [5.41, 5.74) is 2.54. The van der Waals surface area contributed by atoms with Gasteiger partial charge < -0.3 is 4.74 Å². The van der Waals surface area contributed by atoms with Gasteiger partial charge in [-0.1, -0.05) is 19.4 Å². The molecule has 0 aliphatic rings. The van der Waals surface area contributed by atoms with Gasteiger partial charge in [0.2, 0.25) is 0 Å². The van der Waals surface area contributed by atoms with Crippen LogP contribution in [0.2, 0.25) is 0 Å². The first-order chi connectivity index (χ1) is 9.90. The zero-order valence-corrected chi connectivity index (χ0v) is 13.4. The van der Waals surface area contributed by atoms with Crippen LogP contribution in [0.4, 0.5) is 0 Å². The van der Waals surface area contributed by atoms with Crippen molar-refractivity contribution in [2.45, 2.75) is 31.6 Å². The third-order valence-corrected chi connectivity index (χ3v) is 4.46. The lowest BCUT2D eigenvalue weighted by molar-refractivity contribution is 0.481. The standard InChI is InChI=1S/C17H20O3S/c1-4-5-14-12-16(7-6-13(14)2)20-15-8-10-17(11-9-15)21(3,18)19/h6-12H,4-5H2,1-3H3. The maximum absolute atomic E-state index is 11.4. The van der Waals surface area contributed by atoms with Crippen LogP contribution in [-0.4, -0.2) is 14.7 Å². The molecule has 0 saturated carbocycles. The van der Waals surface area contributed by atoms with Crippen LogP contribution in [-0.2, 0) is 16.3 Å². The number of hydrogen-bond acceptors (Lipinski definition) is 3. The molecule has 0 bridgehead atoms. The van der Waals surface area contributed by atoms with Crippen molar-refractivity contribution in [2.24, 2.45) is 0 Å². The number of aryl methyl sites for hydroxylation is 2. The van der Waals surface area contributed by atoms with E-state index >= 15 is 0 Å². The molecule has 0 aliphatic heterocycles. The Hall–Kier alpha value is -1.81. The Morgan fingerprint density at radius 1 is 1.00 bits per heavy atom. The fourth-order valence-electron chi connectivity index (χ4n) is 2.14. The minimum absolute atomic E-state index is 0.297. The summed E-state index contributed by atoms with van der Waals surface area (Å²) in [6.45, 7) is 4.24. The van der Waals surface area contributed by atoms with E-state index in [0.717, 1.165) is 18.6 Å². The van der Waals surface area contributed by atoms with Crippen molar-refractivity contribution in [3.63, 3.8) is 0 Å². The molecule has 0 aliphatic carbocycles. The van der Waals surface area contributed by atoms with Gasteiger partial charge in [0.05, 0.1) is 4.90 Å². The second-order valence-electron chi connectivity index (χ2n) is 5.18. The fourth-order valence-corrected chi connectivity index (χ4v) is 2.77. The summed E-state index contributed by atoms with van der Waals surface area (Å²) in [4.78, 5) is 0.297. The van der Waals surface area contributed by atoms with Gasteiger partial charge in [0.15, 0.2) is 9.84 Å². The van der Waals surface area contributed by atoms with E-state index in [2.05, 4.69) is 13.8 Å². The van der Waals surface area contributed by atoms with Gasteiger partial charge in [0.25, 0.3) is 0 Å². The molecule has 4 heteroatoms. The Morgan fingerprint density at radius 2 is 1.62 bits per heavy atom. The molecule has 0 radical (unpaired) electrons. The van der Waals surface area contributed by atoms with E-state index in [-0.39, 0.29) is 0 Å². The van der Waals surface area contributed by atoms with Crippen LogP contribution in [0, 0.1) is 6.92 Å². The van der Waals surface area contributed by atoms with E-state index < -0.39 is 9.84 Å². The normalized spacial score (nSPS) is 11.4. The first-order valence-corrected chi connectivity index (χ1v) is 8.87. The monoisotopic (exact) mass is 304 g/mol. The molecule has 0 N–H and O–H groups in total. The first kappa shape index (κ1) is 15.6. The quantitative estimate of drug-likeness (QED) is 0.833. The van der Waals surface area contributed by atoms with Crippen molar-refractivity contribution in [3.8, 4) is 11.5 Å². The maximum Gasteiger partial charge on any atom is 0.175 e. The third-order valence-electron chi connectivity index (χ3n) is 3.33. The minimum Gasteiger partial charge on any atom is -0.457 e. The van der Waals surface area contributed by atoms with Crippen molar-refractivity contribution < 1.29 is 13.2 Å². The van der Waals surface area contributed by atoms with Crippen LogP contribution in [0.1, 0.15) is 24.5 Å². The molecule has 0 atom stereocenters. The van der Waals surface area contributed by atoms with E-state index in [1.165, 1.54) is 17.4 Å². The summed E-state index contributed by atoms with van der Waals surface area (Å²) in [6, 6.07) is 12.5. The molecule has 112 valence electrons. The summed E-state index contributed by atoms with van der Waals surface area (Å²) < 4.78 is 28.6. The fraction of sp³-hybridized carbons (Fsp3) is 0.294. The zero-order chi connectivity index (χ0) is 15.5. The molecule has 3 nitrogen and oxygen atoms in total. The molecule has 2 aromatic carbocycles. The van der Waals surface area contributed by atoms with Gasteiger partial charge in [-0.2, -0.15) is 0 Å². The molecule has 2 rings (SSSR count). The highest BCUT2D eigenvalue weighted by Gasteiger charge is 2.07. The van der Waals surface area contributed by atoms with E-state index in [1.807, 2.05) is 18.2 Å². The molecular weight excluding hydrogens is 284 g/mol. The van der Waals surface area contributed by atoms with Crippen molar-refractivity contribution in [3.05, 3.63) is 53.6 Å². The highest BCUT2D eigenvalue weighted by molar-refractivity contribution is 7.90. The molecule has 21 heavy (non-hydrogen) atoms. The maximum atomic E-state index is 11.4. The SMILES string of the molecule is CCCc1cc(Oc2ccc(S(C)(=O)=O)cc2)ccc1C. The highest BCUT2D eigenvalue weighted by Crippen LogP contribution is 2.25. The largest absolute Gasteiger partial charge is 0.457 e. The second kappa shape index (κ2) is 6.31. The van der Waals surface area contributed by atoms with Crippen LogP contribution in [0.5, 0.6) is 11.5 Å². The third kappa shape index (κ3) is 4.08. The Kier molecular flexibility index (Phi) is 4.68. The molecule has 2 aromatic rings. The summed E-state index contributed by atoms with van der Waals surface area (Å²) >= 11 is 0. The number of benzene rings is 2. The first-order valence-electron chi connectivity index (χ1n) is 6.97.